The zero-order valence-electron chi connectivity index (χ0n) is 24.2. The number of hydrogen-bond donors (Lipinski definition) is 2. The quantitative estimate of drug-likeness (QED) is 0.134. The van der Waals surface area contributed by atoms with Gasteiger partial charge < -0.3 is 19.9 Å². The first-order chi connectivity index (χ1) is 21.9. The van der Waals surface area contributed by atoms with Crippen LogP contribution in [0.4, 0.5) is 0 Å². The average molecular weight is 639 g/mol. The first-order valence-corrected chi connectivity index (χ1v) is 15.4. The topological polar surface area (TPSA) is 105 Å². The molecule has 0 radical (unpaired) electrons. The lowest BCUT2D eigenvalue weighted by atomic mass is 10.1. The Bertz CT molecular complexity index is 1730. The number of thioether (sulfide) groups is 1. The first kappa shape index (κ1) is 31.5. The molecule has 5 rings (SSSR count). The monoisotopic (exact) mass is 638 g/mol. The van der Waals surface area contributed by atoms with E-state index in [0.29, 0.717) is 46.2 Å². The molecule has 0 saturated carbocycles. The van der Waals surface area contributed by atoms with Crippen LogP contribution in [0.25, 0.3) is 6.08 Å². The van der Waals surface area contributed by atoms with Gasteiger partial charge in [-0.1, -0.05) is 109 Å². The maximum Gasteiger partial charge on any atom is 0.323 e. The number of carboxylic acids is 1. The molecule has 10 heteroatoms. The number of carbonyl (C=O) groups is 3. The van der Waals surface area contributed by atoms with Crippen molar-refractivity contribution in [3.63, 3.8) is 0 Å². The lowest BCUT2D eigenvalue weighted by molar-refractivity contribution is -0.140. The van der Waals surface area contributed by atoms with Gasteiger partial charge in [-0.15, -0.1) is 0 Å². The predicted octanol–water partition coefficient (Wildman–Crippen LogP) is 6.10. The minimum Gasteiger partial charge on any atom is -0.485 e. The number of carbonyl (C=O) groups excluding carboxylic acids is 2. The Morgan fingerprint density at radius 3 is 2.24 bits per heavy atom. The van der Waals surface area contributed by atoms with E-state index in [0.717, 1.165) is 34.2 Å². The van der Waals surface area contributed by atoms with E-state index in [4.69, 9.17) is 26.8 Å². The molecule has 8 nitrogen and oxygen atoms in total. The molecule has 1 aliphatic rings. The standard InChI is InChI=1S/C35H30N2O6S2/c38-32(39)21-37-34(41)31(45-35(37)44)20-26-15-16-29(42-22-25-11-5-2-6-12-25)30(19-26)43-23-27-13-7-8-14-28(27)33(40)36-18-17-24-9-3-1-4-10-24/h1-16,19-20H,17-18,21-23H2,(H,36,40)(H,38,39). The molecule has 4 aromatic carbocycles. The second-order valence-electron chi connectivity index (χ2n) is 10.1. The number of amides is 2. The van der Waals surface area contributed by atoms with Crippen LogP contribution in [0, 0.1) is 0 Å². The Morgan fingerprint density at radius 1 is 0.844 bits per heavy atom. The molecule has 0 unspecified atom stereocenters. The lowest BCUT2D eigenvalue weighted by Gasteiger charge is -2.16. The second-order valence-corrected chi connectivity index (χ2v) is 11.8. The molecule has 1 fully saturated rings. The zero-order chi connectivity index (χ0) is 31.6. The summed E-state index contributed by atoms with van der Waals surface area (Å²) in [5.74, 6) is -0.901. The minimum atomic E-state index is -1.15. The molecule has 0 atom stereocenters. The number of ether oxygens (including phenoxy) is 2. The minimum absolute atomic E-state index is 0.0914. The third-order valence-corrected chi connectivity index (χ3v) is 8.23. The Kier molecular flexibility index (Phi) is 10.6. The molecule has 0 bridgehead atoms. The number of aliphatic carboxylic acids is 1. The van der Waals surface area contributed by atoms with E-state index in [1.54, 1.807) is 30.3 Å². The molecular formula is C35H30N2O6S2. The smallest absolute Gasteiger partial charge is 0.323 e. The average Bonchev–Trinajstić information content (AvgIpc) is 3.31. The van der Waals surface area contributed by atoms with Gasteiger partial charge in [-0.3, -0.25) is 19.3 Å². The molecule has 45 heavy (non-hydrogen) atoms. The number of carboxylic acid groups (broad SMARTS) is 1. The van der Waals surface area contributed by atoms with Crippen molar-refractivity contribution in [2.24, 2.45) is 0 Å². The van der Waals surface area contributed by atoms with Gasteiger partial charge in [0.15, 0.2) is 11.5 Å². The van der Waals surface area contributed by atoms with Crippen molar-refractivity contribution in [3.8, 4) is 11.5 Å². The fourth-order valence-corrected chi connectivity index (χ4v) is 5.84. The number of nitrogens with one attached hydrogen (secondary N) is 1. The van der Waals surface area contributed by atoms with Crippen LogP contribution in [-0.4, -0.2) is 45.2 Å². The van der Waals surface area contributed by atoms with Gasteiger partial charge in [0.25, 0.3) is 11.8 Å². The summed E-state index contributed by atoms with van der Waals surface area (Å²) in [6.07, 6.45) is 2.36. The number of nitrogens with zero attached hydrogens (tertiary/aromatic N) is 1. The van der Waals surface area contributed by atoms with Crippen LogP contribution >= 0.6 is 24.0 Å². The van der Waals surface area contributed by atoms with Gasteiger partial charge in [0.05, 0.1) is 4.91 Å². The van der Waals surface area contributed by atoms with Crippen LogP contribution in [0.2, 0.25) is 0 Å². The van der Waals surface area contributed by atoms with Crippen molar-refractivity contribution in [2.75, 3.05) is 13.1 Å². The highest BCUT2D eigenvalue weighted by Crippen LogP contribution is 2.35. The number of hydrogen-bond acceptors (Lipinski definition) is 7. The molecule has 4 aromatic rings. The molecule has 2 amide bonds. The summed E-state index contributed by atoms with van der Waals surface area (Å²) >= 11 is 6.27. The third kappa shape index (κ3) is 8.59. The molecule has 1 heterocycles. The summed E-state index contributed by atoms with van der Waals surface area (Å²) in [5, 5.41) is 12.1. The van der Waals surface area contributed by atoms with E-state index < -0.39 is 18.4 Å². The fraction of sp³-hybridized carbons (Fsp3) is 0.143. The first-order valence-electron chi connectivity index (χ1n) is 14.2. The molecule has 0 spiro atoms. The van der Waals surface area contributed by atoms with Gasteiger partial charge in [-0.25, -0.2) is 0 Å². The lowest BCUT2D eigenvalue weighted by Crippen LogP contribution is -2.33. The van der Waals surface area contributed by atoms with Crippen molar-refractivity contribution in [1.29, 1.82) is 0 Å². The van der Waals surface area contributed by atoms with E-state index in [2.05, 4.69) is 5.32 Å². The molecule has 0 aromatic heterocycles. The van der Waals surface area contributed by atoms with Crippen molar-refractivity contribution in [2.45, 2.75) is 19.6 Å². The highest BCUT2D eigenvalue weighted by molar-refractivity contribution is 8.26. The SMILES string of the molecule is O=C(O)CN1C(=O)C(=Cc2ccc(OCc3ccccc3)c(OCc3ccccc3C(=O)NCCc3ccccc3)c2)SC1=S. The van der Waals surface area contributed by atoms with E-state index in [-0.39, 0.29) is 16.8 Å². The normalized spacial score (nSPS) is 13.6. The largest absolute Gasteiger partial charge is 0.485 e. The Balaban J connectivity index is 1.34. The maximum absolute atomic E-state index is 13.1. The van der Waals surface area contributed by atoms with E-state index in [1.807, 2.05) is 78.9 Å². The third-order valence-electron chi connectivity index (χ3n) is 6.86. The highest BCUT2D eigenvalue weighted by atomic mass is 32.2. The second kappa shape index (κ2) is 15.2. The van der Waals surface area contributed by atoms with Crippen LogP contribution in [0.1, 0.15) is 32.6 Å². The molecule has 2 N–H and O–H groups in total. The van der Waals surface area contributed by atoms with Gasteiger partial charge in [0.1, 0.15) is 24.1 Å². The summed E-state index contributed by atoms with van der Waals surface area (Å²) in [6.45, 7) is 0.400. The van der Waals surface area contributed by atoms with E-state index >= 15 is 0 Å². The van der Waals surface area contributed by atoms with E-state index in [1.165, 1.54) is 0 Å². The van der Waals surface area contributed by atoms with Gasteiger partial charge in [0.2, 0.25) is 0 Å². The van der Waals surface area contributed by atoms with Gasteiger partial charge in [0, 0.05) is 17.7 Å². The summed E-state index contributed by atoms with van der Waals surface area (Å²) in [6, 6.07) is 32.2. The number of benzene rings is 4. The number of thiocarbonyl (C=S) groups is 1. The van der Waals surface area contributed by atoms with Crippen LogP contribution in [0.15, 0.2) is 108 Å². The molecule has 1 aliphatic heterocycles. The molecule has 1 saturated heterocycles. The van der Waals surface area contributed by atoms with Gasteiger partial charge in [-0.2, -0.15) is 0 Å². The van der Waals surface area contributed by atoms with Crippen molar-refractivity contribution in [3.05, 3.63) is 136 Å². The van der Waals surface area contributed by atoms with Gasteiger partial charge >= 0.3 is 5.97 Å². The summed E-state index contributed by atoms with van der Waals surface area (Å²) in [4.78, 5) is 38.5. The summed E-state index contributed by atoms with van der Waals surface area (Å²) in [7, 11) is 0. The van der Waals surface area contributed by atoms with Crippen molar-refractivity contribution in [1.82, 2.24) is 10.2 Å². The van der Waals surface area contributed by atoms with Crippen molar-refractivity contribution < 1.29 is 29.0 Å². The van der Waals surface area contributed by atoms with Crippen LogP contribution in [-0.2, 0) is 29.2 Å². The Hall–Kier alpha value is -4.93. The Labute approximate surface area is 270 Å². The van der Waals surface area contributed by atoms with Crippen LogP contribution in [0.3, 0.4) is 0 Å². The predicted molar refractivity (Wildman–Crippen MR) is 178 cm³/mol. The molecular weight excluding hydrogens is 609 g/mol. The highest BCUT2D eigenvalue weighted by Gasteiger charge is 2.33. The summed E-state index contributed by atoms with van der Waals surface area (Å²) < 4.78 is 12.6. The maximum atomic E-state index is 13.1. The summed E-state index contributed by atoms with van der Waals surface area (Å²) in [5.41, 5.74) is 3.97. The van der Waals surface area contributed by atoms with Crippen molar-refractivity contribution >= 4 is 52.2 Å². The van der Waals surface area contributed by atoms with E-state index in [9.17, 15) is 14.4 Å². The molecule has 0 aliphatic carbocycles. The molecule has 228 valence electrons. The van der Waals surface area contributed by atoms with Crippen LogP contribution in [0.5, 0.6) is 11.5 Å². The van der Waals surface area contributed by atoms with Gasteiger partial charge in [-0.05, 0) is 47.4 Å². The Morgan fingerprint density at radius 2 is 1.51 bits per heavy atom. The number of rotatable bonds is 13. The zero-order valence-corrected chi connectivity index (χ0v) is 25.8. The fourth-order valence-electron chi connectivity index (χ4n) is 4.59. The van der Waals surface area contributed by atoms with Crippen LogP contribution < -0.4 is 14.8 Å².